The molecular formula is C17H26N4O2S. The highest BCUT2D eigenvalue weighted by atomic mass is 32.2. The summed E-state index contributed by atoms with van der Waals surface area (Å²) in [5.41, 5.74) is 10.5. The van der Waals surface area contributed by atoms with Crippen LogP contribution in [0.2, 0.25) is 0 Å². The number of aromatic nitrogens is 3. The number of nitrogen functional groups attached to an aromatic ring is 1. The molecular weight excluding hydrogens is 324 g/mol. The van der Waals surface area contributed by atoms with E-state index >= 15 is 0 Å². The molecule has 0 aliphatic heterocycles. The van der Waals surface area contributed by atoms with Crippen molar-refractivity contribution < 1.29 is 8.42 Å². The van der Waals surface area contributed by atoms with Gasteiger partial charge in [0.25, 0.3) is 0 Å². The number of nitrogens with two attached hydrogens (primary N) is 1. The fourth-order valence-electron chi connectivity index (χ4n) is 3.60. The smallest absolute Gasteiger partial charge is 0.151 e. The molecule has 0 saturated carbocycles. The summed E-state index contributed by atoms with van der Waals surface area (Å²) in [4.78, 5) is 9.21. The van der Waals surface area contributed by atoms with E-state index in [4.69, 9.17) is 5.73 Å². The van der Waals surface area contributed by atoms with E-state index in [1.807, 2.05) is 6.92 Å². The quantitative estimate of drug-likeness (QED) is 0.808. The lowest BCUT2D eigenvalue weighted by Gasteiger charge is -2.18. The van der Waals surface area contributed by atoms with Crippen molar-refractivity contribution in [2.75, 3.05) is 17.7 Å². The Morgan fingerprint density at radius 2 is 1.88 bits per heavy atom. The third kappa shape index (κ3) is 3.55. The Balaban J connectivity index is 1.82. The number of aryl methyl sites for hydroxylation is 4. The van der Waals surface area contributed by atoms with Gasteiger partial charge in [0.1, 0.15) is 21.2 Å². The molecule has 7 heteroatoms. The Morgan fingerprint density at radius 3 is 2.62 bits per heavy atom. The number of unbranched alkanes of at least 4 members (excludes halogenated alkanes) is 2. The largest absolute Gasteiger partial charge is 0.382 e. The highest BCUT2D eigenvalue weighted by molar-refractivity contribution is 7.90. The van der Waals surface area contributed by atoms with Crippen molar-refractivity contribution >= 4 is 26.7 Å². The third-order valence-electron chi connectivity index (χ3n) is 4.78. The topological polar surface area (TPSA) is 90.9 Å². The Morgan fingerprint density at radius 1 is 1.12 bits per heavy atom. The summed E-state index contributed by atoms with van der Waals surface area (Å²) in [6.07, 6.45) is 8.24. The number of sulfone groups is 1. The maximum Gasteiger partial charge on any atom is 0.151 e. The second kappa shape index (κ2) is 6.70. The van der Waals surface area contributed by atoms with Crippen LogP contribution in [0.5, 0.6) is 0 Å². The van der Waals surface area contributed by atoms with Crippen LogP contribution < -0.4 is 5.73 Å². The summed E-state index contributed by atoms with van der Waals surface area (Å²) in [7, 11) is -2.86. The lowest BCUT2D eigenvalue weighted by molar-refractivity contribution is 0.579. The third-order valence-corrected chi connectivity index (χ3v) is 5.81. The van der Waals surface area contributed by atoms with E-state index in [1.54, 1.807) is 0 Å². The molecule has 2 N–H and O–H groups in total. The van der Waals surface area contributed by atoms with Gasteiger partial charge >= 0.3 is 0 Å². The minimum absolute atomic E-state index is 0.267. The first kappa shape index (κ1) is 17.2. The van der Waals surface area contributed by atoms with E-state index in [-0.39, 0.29) is 5.75 Å². The molecule has 0 unspecified atom stereocenters. The second-order valence-corrected chi connectivity index (χ2v) is 9.09. The minimum atomic E-state index is -2.86. The summed E-state index contributed by atoms with van der Waals surface area (Å²) in [6, 6.07) is 0. The Bertz CT molecular complexity index is 855. The molecule has 0 atom stereocenters. The molecule has 0 radical (unpaired) electrons. The average Bonchev–Trinajstić information content (AvgIpc) is 2.84. The zero-order chi connectivity index (χ0) is 17.3. The molecule has 0 saturated heterocycles. The first-order valence-corrected chi connectivity index (χ1v) is 10.7. The van der Waals surface area contributed by atoms with E-state index in [9.17, 15) is 8.42 Å². The van der Waals surface area contributed by atoms with Crippen molar-refractivity contribution in [1.82, 2.24) is 14.5 Å². The molecule has 0 fully saturated rings. The van der Waals surface area contributed by atoms with Gasteiger partial charge < -0.3 is 10.3 Å². The van der Waals surface area contributed by atoms with Crippen molar-refractivity contribution in [1.29, 1.82) is 0 Å². The molecule has 2 aromatic heterocycles. The fraction of sp³-hybridized carbons (Fsp3) is 0.647. The van der Waals surface area contributed by atoms with Crippen LogP contribution in [0.15, 0.2) is 0 Å². The van der Waals surface area contributed by atoms with Crippen LogP contribution in [0.4, 0.5) is 5.82 Å². The zero-order valence-corrected chi connectivity index (χ0v) is 15.3. The lowest BCUT2D eigenvalue weighted by Crippen LogP contribution is -2.11. The molecule has 6 nitrogen and oxygen atoms in total. The summed E-state index contributed by atoms with van der Waals surface area (Å²) in [6.45, 7) is 2.85. The number of fused-ring (bicyclic) bond motifs is 3. The normalized spacial score (nSPS) is 14.9. The molecule has 24 heavy (non-hydrogen) atoms. The Hall–Kier alpha value is -1.63. The van der Waals surface area contributed by atoms with Gasteiger partial charge in [0.15, 0.2) is 5.82 Å². The SMILES string of the molecule is Cc1nc2c(N)nc3c(c2n1CCCCCS(C)(=O)=O)CCCC3. The van der Waals surface area contributed by atoms with Crippen molar-refractivity contribution in [3.63, 3.8) is 0 Å². The molecule has 1 aliphatic rings. The molecule has 0 spiro atoms. The molecule has 2 aromatic rings. The summed E-state index contributed by atoms with van der Waals surface area (Å²) < 4.78 is 24.7. The summed E-state index contributed by atoms with van der Waals surface area (Å²) >= 11 is 0. The van der Waals surface area contributed by atoms with E-state index in [0.29, 0.717) is 12.2 Å². The van der Waals surface area contributed by atoms with Gasteiger partial charge in [-0.15, -0.1) is 0 Å². The zero-order valence-electron chi connectivity index (χ0n) is 14.5. The maximum atomic E-state index is 11.2. The number of anilines is 1. The predicted octanol–water partition coefficient (Wildman–Crippen LogP) is 2.42. The maximum absolute atomic E-state index is 11.2. The monoisotopic (exact) mass is 350 g/mol. The lowest BCUT2D eigenvalue weighted by atomic mass is 9.95. The van der Waals surface area contributed by atoms with Gasteiger partial charge in [-0.3, -0.25) is 0 Å². The minimum Gasteiger partial charge on any atom is -0.382 e. The van der Waals surface area contributed by atoms with Gasteiger partial charge in [-0.05, 0) is 51.0 Å². The molecule has 1 aliphatic carbocycles. The van der Waals surface area contributed by atoms with E-state index in [2.05, 4.69) is 14.5 Å². The molecule has 0 aromatic carbocycles. The Kier molecular flexibility index (Phi) is 4.80. The number of hydrogen-bond donors (Lipinski definition) is 1. The number of hydrogen-bond acceptors (Lipinski definition) is 5. The molecule has 2 heterocycles. The summed E-state index contributed by atoms with van der Waals surface area (Å²) in [5, 5.41) is 0. The van der Waals surface area contributed by atoms with E-state index < -0.39 is 9.84 Å². The van der Waals surface area contributed by atoms with Gasteiger partial charge in [-0.2, -0.15) is 0 Å². The molecule has 0 bridgehead atoms. The Labute approximate surface area is 143 Å². The van der Waals surface area contributed by atoms with Crippen LogP contribution in [-0.4, -0.2) is 35.0 Å². The second-order valence-electron chi connectivity index (χ2n) is 6.83. The van der Waals surface area contributed by atoms with E-state index in [1.165, 1.54) is 24.7 Å². The van der Waals surface area contributed by atoms with Gasteiger partial charge in [0, 0.05) is 24.2 Å². The number of imidazole rings is 1. The molecule has 0 amide bonds. The van der Waals surface area contributed by atoms with Gasteiger partial charge in [0.05, 0.1) is 5.52 Å². The number of nitrogens with zero attached hydrogens (tertiary/aromatic N) is 3. The first-order valence-electron chi connectivity index (χ1n) is 8.68. The molecule has 132 valence electrons. The van der Waals surface area contributed by atoms with Gasteiger partial charge in [-0.1, -0.05) is 6.42 Å². The van der Waals surface area contributed by atoms with Gasteiger partial charge in [-0.25, -0.2) is 18.4 Å². The average molecular weight is 350 g/mol. The number of pyridine rings is 1. The van der Waals surface area contributed by atoms with Crippen molar-refractivity contribution in [2.24, 2.45) is 0 Å². The van der Waals surface area contributed by atoms with Crippen LogP contribution >= 0.6 is 0 Å². The predicted molar refractivity (Wildman–Crippen MR) is 96.9 cm³/mol. The first-order chi connectivity index (χ1) is 11.4. The van der Waals surface area contributed by atoms with E-state index in [0.717, 1.165) is 54.8 Å². The van der Waals surface area contributed by atoms with Crippen LogP contribution in [0.25, 0.3) is 11.0 Å². The van der Waals surface area contributed by atoms with Crippen LogP contribution in [0.3, 0.4) is 0 Å². The van der Waals surface area contributed by atoms with Crippen molar-refractivity contribution in [3.05, 3.63) is 17.1 Å². The van der Waals surface area contributed by atoms with Gasteiger partial charge in [0.2, 0.25) is 0 Å². The van der Waals surface area contributed by atoms with Crippen molar-refractivity contribution in [2.45, 2.75) is 58.4 Å². The van der Waals surface area contributed by atoms with Crippen molar-refractivity contribution in [3.8, 4) is 0 Å². The van der Waals surface area contributed by atoms with Crippen LogP contribution in [-0.2, 0) is 29.2 Å². The standard InChI is InChI=1S/C17H26N4O2S/c1-12-19-15-16(13-8-4-5-9-14(13)20-17(15)18)21(12)10-6-3-7-11-24(2,22)23/h3-11H2,1-2H3,(H2,18,20). The highest BCUT2D eigenvalue weighted by Crippen LogP contribution is 2.31. The van der Waals surface area contributed by atoms with Crippen LogP contribution in [0, 0.1) is 6.92 Å². The summed E-state index contributed by atoms with van der Waals surface area (Å²) in [5.74, 6) is 1.76. The number of rotatable bonds is 6. The highest BCUT2D eigenvalue weighted by Gasteiger charge is 2.21. The van der Waals surface area contributed by atoms with Crippen LogP contribution in [0.1, 0.15) is 49.2 Å². The molecule has 3 rings (SSSR count). The fourth-order valence-corrected chi connectivity index (χ4v) is 4.33.